The van der Waals surface area contributed by atoms with Gasteiger partial charge in [-0.1, -0.05) is 40.5 Å². The summed E-state index contributed by atoms with van der Waals surface area (Å²) in [6.07, 6.45) is 1.62. The maximum Gasteiger partial charge on any atom is 0.0297 e. The minimum atomic E-state index is -0.363. The molecule has 0 bridgehead atoms. The van der Waals surface area contributed by atoms with Gasteiger partial charge in [-0.15, -0.1) is 0 Å². The van der Waals surface area contributed by atoms with Gasteiger partial charge in [0.1, 0.15) is 0 Å². The molecule has 4 N–H and O–H groups in total. The summed E-state index contributed by atoms with van der Waals surface area (Å²) >= 11 is 0. The first-order valence-corrected chi connectivity index (χ1v) is 3.61. The van der Waals surface area contributed by atoms with Gasteiger partial charge < -0.3 is 0 Å². The first kappa shape index (κ1) is 11.8. The Balaban J connectivity index is -0.000000266. The highest BCUT2D eigenvalue weighted by Gasteiger charge is 1.95. The largest absolute Gasteiger partial charge is 0.255 e. The molecule has 0 spiro atoms. The van der Waals surface area contributed by atoms with E-state index in [0.29, 0.717) is 0 Å². The lowest BCUT2D eigenvalue weighted by Crippen LogP contribution is -1.91. The molecule has 12 heavy (non-hydrogen) atoms. The lowest BCUT2D eigenvalue weighted by molar-refractivity contribution is -0.176. The second-order valence-corrected chi connectivity index (χ2v) is 2.91. The van der Waals surface area contributed by atoms with Gasteiger partial charge in [-0.3, -0.25) is 21.0 Å². The minimum absolute atomic E-state index is 0.363. The quantitative estimate of drug-likeness (QED) is 0.401. The molecule has 4 nitrogen and oxygen atoms in total. The second kappa shape index (κ2) is 17.1. The molecule has 0 aromatic rings. The molecule has 0 aliphatic carbocycles. The summed E-state index contributed by atoms with van der Waals surface area (Å²) in [5, 5.41) is 24.0. The average molecular weight is 184 g/mol. The molecule has 0 aromatic heterocycles. The highest BCUT2D eigenvalue weighted by molar-refractivity contribution is 4.48. The summed E-state index contributed by atoms with van der Waals surface area (Å²) in [6.45, 7) is 7.55. The molecule has 0 fully saturated rings. The molecule has 0 saturated carbocycles. The Labute approximate surface area is 77.2 Å². The molecular formula is C8H22O4. The van der Waals surface area contributed by atoms with E-state index in [2.05, 4.69) is 0 Å². The van der Waals surface area contributed by atoms with Crippen LogP contribution in [0.15, 0.2) is 0 Å². The fourth-order valence-electron chi connectivity index (χ4n) is 0.500. The molecule has 4 heteroatoms. The van der Waals surface area contributed by atoms with Crippen LogP contribution in [0.2, 0.25) is 0 Å². The van der Waals surface area contributed by atoms with Crippen molar-refractivity contribution >= 4 is 0 Å². The van der Waals surface area contributed by atoms with Crippen LogP contribution in [0, 0.1) is 11.8 Å². The van der Waals surface area contributed by atoms with Gasteiger partial charge in [0.05, 0.1) is 0 Å². The molecule has 78 valence electrons. The minimum Gasteiger partial charge on any atom is -0.255 e. The number of rotatable bonds is 3. The summed E-state index contributed by atoms with van der Waals surface area (Å²) < 4.78 is 15.1. The van der Waals surface area contributed by atoms with Crippen LogP contribution >= 0.6 is 0 Å². The van der Waals surface area contributed by atoms with E-state index in [1.165, 1.54) is 0 Å². The molecule has 0 radical (unpaired) electrons. The standard InChI is InChI=1S/C8H18.2H2O2/c1-7(2)5-6-8(3)4;2*1-2/h7-8H,5-6H2,1-4H3;2*1-2H/i7D,8D;;. The lowest BCUT2D eigenvalue weighted by Gasteiger charge is -2.05. The first-order chi connectivity index (χ1) is 6.21. The van der Waals surface area contributed by atoms with E-state index in [9.17, 15) is 0 Å². The topological polar surface area (TPSA) is 80.9 Å². The summed E-state index contributed by atoms with van der Waals surface area (Å²) in [5.74, 6) is -0.726. The van der Waals surface area contributed by atoms with E-state index >= 15 is 0 Å². The van der Waals surface area contributed by atoms with Gasteiger partial charge in [0.2, 0.25) is 0 Å². The smallest absolute Gasteiger partial charge is 0.0297 e. The van der Waals surface area contributed by atoms with Crippen LogP contribution < -0.4 is 0 Å². The van der Waals surface area contributed by atoms with E-state index in [4.69, 9.17) is 23.8 Å². The van der Waals surface area contributed by atoms with Gasteiger partial charge in [-0.05, 0) is 11.8 Å². The third kappa shape index (κ3) is 32.8. The predicted octanol–water partition coefficient (Wildman–Crippen LogP) is 3.11. The maximum absolute atomic E-state index is 7.53. The predicted molar refractivity (Wildman–Crippen MR) is 49.4 cm³/mol. The third-order valence-electron chi connectivity index (χ3n) is 1.12. The molecule has 0 rings (SSSR count). The lowest BCUT2D eigenvalue weighted by atomic mass is 10.0. The van der Waals surface area contributed by atoms with Crippen LogP contribution in [-0.2, 0) is 0 Å². The normalized spacial score (nSPS) is 12.7. The number of hydrogen-bond acceptors (Lipinski definition) is 4. The zero-order chi connectivity index (χ0) is 12.4. The van der Waals surface area contributed by atoms with Crippen molar-refractivity contribution in [1.82, 2.24) is 0 Å². The van der Waals surface area contributed by atoms with Crippen LogP contribution in [0.3, 0.4) is 0 Å². The van der Waals surface area contributed by atoms with E-state index in [0.717, 1.165) is 12.8 Å². The van der Waals surface area contributed by atoms with Crippen molar-refractivity contribution in [1.29, 1.82) is 0 Å². The number of hydrogen-bond donors (Lipinski definition) is 4. The Morgan fingerprint density at radius 1 is 0.833 bits per heavy atom. The molecule has 0 aromatic carbocycles. The SMILES string of the molecule is OO.OO.[2H]C(C)(C)CCC([2H])(C)C. The van der Waals surface area contributed by atoms with Crippen molar-refractivity contribution in [3.8, 4) is 0 Å². The van der Waals surface area contributed by atoms with Crippen LogP contribution in [0.25, 0.3) is 0 Å². The summed E-state index contributed by atoms with van der Waals surface area (Å²) in [6, 6.07) is 0. The van der Waals surface area contributed by atoms with Crippen molar-refractivity contribution in [2.45, 2.75) is 40.5 Å². The molecular weight excluding hydrogens is 160 g/mol. The Hall–Kier alpha value is -0.160. The van der Waals surface area contributed by atoms with Crippen LogP contribution in [0.5, 0.6) is 0 Å². The van der Waals surface area contributed by atoms with Crippen molar-refractivity contribution in [2.24, 2.45) is 11.8 Å². The van der Waals surface area contributed by atoms with Gasteiger partial charge in [0.15, 0.2) is 0 Å². The Bertz CT molecular complexity index is 92.9. The molecule has 0 aliphatic heterocycles. The van der Waals surface area contributed by atoms with Crippen LogP contribution in [0.4, 0.5) is 0 Å². The molecule has 0 aliphatic rings. The van der Waals surface area contributed by atoms with E-state index in [1.807, 2.05) is 27.7 Å². The molecule has 0 heterocycles. The zero-order valence-corrected chi connectivity index (χ0v) is 8.20. The van der Waals surface area contributed by atoms with Crippen molar-refractivity contribution in [2.75, 3.05) is 0 Å². The van der Waals surface area contributed by atoms with Gasteiger partial charge in [0.25, 0.3) is 0 Å². The first-order valence-electron chi connectivity index (χ1n) is 4.61. The van der Waals surface area contributed by atoms with Gasteiger partial charge in [0, 0.05) is 2.74 Å². The Kier molecular flexibility index (Phi) is 16.8. The van der Waals surface area contributed by atoms with Crippen LogP contribution in [0.1, 0.15) is 43.3 Å². The summed E-state index contributed by atoms with van der Waals surface area (Å²) in [4.78, 5) is 0. The van der Waals surface area contributed by atoms with E-state index in [-0.39, 0.29) is 11.8 Å². The molecule has 0 amide bonds. The van der Waals surface area contributed by atoms with Gasteiger partial charge in [-0.25, -0.2) is 0 Å². The summed E-state index contributed by atoms with van der Waals surface area (Å²) in [5.41, 5.74) is 0. The molecule has 0 unspecified atom stereocenters. The Morgan fingerprint density at radius 3 is 1.08 bits per heavy atom. The van der Waals surface area contributed by atoms with E-state index < -0.39 is 0 Å². The Morgan fingerprint density at radius 2 is 1.00 bits per heavy atom. The second-order valence-electron chi connectivity index (χ2n) is 2.91. The average Bonchev–Trinajstić information content (AvgIpc) is 2.06. The zero-order valence-electron chi connectivity index (χ0n) is 10.2. The van der Waals surface area contributed by atoms with Crippen molar-refractivity contribution in [3.05, 3.63) is 0 Å². The fraction of sp³-hybridized carbons (Fsp3) is 1.00. The fourth-order valence-corrected chi connectivity index (χ4v) is 0.500. The molecule has 0 atom stereocenters. The van der Waals surface area contributed by atoms with Gasteiger partial charge in [-0.2, -0.15) is 0 Å². The van der Waals surface area contributed by atoms with Crippen molar-refractivity contribution in [3.63, 3.8) is 0 Å². The van der Waals surface area contributed by atoms with E-state index in [1.54, 1.807) is 0 Å². The highest BCUT2D eigenvalue weighted by Crippen LogP contribution is 2.09. The van der Waals surface area contributed by atoms with Gasteiger partial charge >= 0.3 is 0 Å². The molecule has 0 saturated heterocycles. The monoisotopic (exact) mass is 184 g/mol. The third-order valence-corrected chi connectivity index (χ3v) is 1.12. The van der Waals surface area contributed by atoms with Crippen molar-refractivity contribution < 1.29 is 23.8 Å². The maximum atomic E-state index is 7.53. The highest BCUT2D eigenvalue weighted by atomic mass is 17.0. The summed E-state index contributed by atoms with van der Waals surface area (Å²) in [7, 11) is 0. The van der Waals surface area contributed by atoms with Crippen LogP contribution in [-0.4, -0.2) is 21.0 Å².